The third-order valence-electron chi connectivity index (χ3n) is 4.08. The first-order valence-electron chi connectivity index (χ1n) is 7.75. The lowest BCUT2D eigenvalue weighted by atomic mass is 10.2. The number of carbonyl (C=O) groups is 2. The van der Waals surface area contributed by atoms with Crippen LogP contribution in [0.5, 0.6) is 0 Å². The van der Waals surface area contributed by atoms with Crippen LogP contribution in [0.4, 0.5) is 10.5 Å². The van der Waals surface area contributed by atoms with Crippen LogP contribution in [0.3, 0.4) is 0 Å². The molecule has 7 heteroatoms. The highest BCUT2D eigenvalue weighted by Gasteiger charge is 2.30. The Bertz CT molecular complexity index is 752. The van der Waals surface area contributed by atoms with Crippen LogP contribution < -0.4 is 10.6 Å². The first-order chi connectivity index (χ1) is 11.0. The number of anilines is 1. The van der Waals surface area contributed by atoms with E-state index in [1.165, 1.54) is 0 Å². The zero-order valence-electron chi connectivity index (χ0n) is 13.5. The van der Waals surface area contributed by atoms with Crippen molar-refractivity contribution >= 4 is 28.5 Å². The Kier molecular flexibility index (Phi) is 3.94. The van der Waals surface area contributed by atoms with E-state index in [1.807, 2.05) is 29.1 Å². The molecule has 3 rings (SSSR count). The molecule has 3 amide bonds. The van der Waals surface area contributed by atoms with Gasteiger partial charge in [0.15, 0.2) is 0 Å². The van der Waals surface area contributed by atoms with Gasteiger partial charge in [0.2, 0.25) is 5.91 Å². The average Bonchev–Trinajstić information content (AvgIpc) is 3.05. The number of amides is 3. The second-order valence-electron chi connectivity index (χ2n) is 6.16. The molecule has 2 heterocycles. The molecule has 2 N–H and O–H groups in total. The van der Waals surface area contributed by atoms with E-state index in [-0.39, 0.29) is 18.0 Å². The molecule has 0 spiro atoms. The molecule has 7 nitrogen and oxygen atoms in total. The van der Waals surface area contributed by atoms with E-state index in [4.69, 9.17) is 0 Å². The van der Waals surface area contributed by atoms with Crippen LogP contribution in [0.25, 0.3) is 10.9 Å². The van der Waals surface area contributed by atoms with Crippen LogP contribution in [-0.2, 0) is 4.79 Å². The summed E-state index contributed by atoms with van der Waals surface area (Å²) in [5.41, 5.74) is 1.64. The van der Waals surface area contributed by atoms with E-state index in [2.05, 4.69) is 29.6 Å². The summed E-state index contributed by atoms with van der Waals surface area (Å²) >= 11 is 0. The molecule has 1 aliphatic heterocycles. The number of hydrogen-bond donors (Lipinski definition) is 2. The van der Waals surface area contributed by atoms with Gasteiger partial charge in [-0.1, -0.05) is 0 Å². The number of likely N-dealkylation sites (tertiary alicyclic amines) is 1. The van der Waals surface area contributed by atoms with Gasteiger partial charge in [-0.3, -0.25) is 9.48 Å². The monoisotopic (exact) mass is 315 g/mol. The van der Waals surface area contributed by atoms with Gasteiger partial charge in [0.1, 0.15) is 6.04 Å². The smallest absolute Gasteiger partial charge is 0.319 e. The van der Waals surface area contributed by atoms with E-state index in [0.717, 1.165) is 10.9 Å². The Morgan fingerprint density at radius 2 is 2.17 bits per heavy atom. The predicted octanol–water partition coefficient (Wildman–Crippen LogP) is 1.97. The van der Waals surface area contributed by atoms with Crippen molar-refractivity contribution in [3.63, 3.8) is 0 Å². The van der Waals surface area contributed by atoms with E-state index >= 15 is 0 Å². The van der Waals surface area contributed by atoms with Crippen molar-refractivity contribution in [3.05, 3.63) is 24.4 Å². The standard InChI is InChI=1S/C16H21N5O2/c1-10(2)21-14-8-12(5-4-11(14)9-17-21)18-16(23)19-13-6-7-20(3)15(13)22/h4-5,8-10,13H,6-7H2,1-3H3,(H2,18,19,23)/t13-/m0/s1. The van der Waals surface area contributed by atoms with Crippen molar-refractivity contribution in [1.29, 1.82) is 0 Å². The van der Waals surface area contributed by atoms with Gasteiger partial charge in [-0.05, 0) is 38.5 Å². The first-order valence-corrected chi connectivity index (χ1v) is 7.75. The van der Waals surface area contributed by atoms with Gasteiger partial charge in [0.25, 0.3) is 0 Å². The number of carbonyl (C=O) groups excluding carboxylic acids is 2. The van der Waals surface area contributed by atoms with Gasteiger partial charge in [0, 0.05) is 30.7 Å². The Balaban J connectivity index is 1.72. The van der Waals surface area contributed by atoms with Crippen molar-refractivity contribution in [2.45, 2.75) is 32.4 Å². The number of likely N-dealkylation sites (N-methyl/N-ethyl adjacent to an activating group) is 1. The minimum Gasteiger partial charge on any atom is -0.344 e. The van der Waals surface area contributed by atoms with Crippen LogP contribution >= 0.6 is 0 Å². The maximum absolute atomic E-state index is 12.1. The maximum atomic E-state index is 12.1. The summed E-state index contributed by atoms with van der Waals surface area (Å²) in [6, 6.07) is 5.08. The number of aromatic nitrogens is 2. The summed E-state index contributed by atoms with van der Waals surface area (Å²) in [6.45, 7) is 4.78. The van der Waals surface area contributed by atoms with Crippen LogP contribution in [0.15, 0.2) is 24.4 Å². The molecule has 1 atom stereocenters. The maximum Gasteiger partial charge on any atom is 0.319 e. The number of benzene rings is 1. The topological polar surface area (TPSA) is 79.3 Å². The number of urea groups is 1. The van der Waals surface area contributed by atoms with E-state index in [9.17, 15) is 9.59 Å². The first kappa shape index (κ1) is 15.3. The van der Waals surface area contributed by atoms with Crippen LogP contribution in [0, 0.1) is 0 Å². The quantitative estimate of drug-likeness (QED) is 0.909. The van der Waals surface area contributed by atoms with Crippen molar-refractivity contribution in [3.8, 4) is 0 Å². The largest absolute Gasteiger partial charge is 0.344 e. The molecule has 1 aliphatic rings. The molecule has 0 aliphatic carbocycles. The lowest BCUT2D eigenvalue weighted by molar-refractivity contribution is -0.128. The van der Waals surface area contributed by atoms with Gasteiger partial charge in [-0.15, -0.1) is 0 Å². The molecule has 23 heavy (non-hydrogen) atoms. The molecule has 0 bridgehead atoms. The minimum atomic E-state index is -0.440. The summed E-state index contributed by atoms with van der Waals surface area (Å²) in [4.78, 5) is 25.5. The van der Waals surface area contributed by atoms with Crippen LogP contribution in [0.1, 0.15) is 26.3 Å². The van der Waals surface area contributed by atoms with Crippen molar-refractivity contribution in [2.24, 2.45) is 0 Å². The molecule has 0 radical (unpaired) electrons. The second-order valence-corrected chi connectivity index (χ2v) is 6.16. The van der Waals surface area contributed by atoms with Crippen molar-refractivity contribution in [1.82, 2.24) is 20.0 Å². The number of hydrogen-bond acceptors (Lipinski definition) is 3. The van der Waals surface area contributed by atoms with Crippen molar-refractivity contribution < 1.29 is 9.59 Å². The fourth-order valence-electron chi connectivity index (χ4n) is 2.81. The molecule has 1 aromatic heterocycles. The molecule has 1 saturated heterocycles. The summed E-state index contributed by atoms with van der Waals surface area (Å²) in [5, 5.41) is 10.9. The zero-order chi connectivity index (χ0) is 16.6. The molecule has 2 aromatic rings. The van der Waals surface area contributed by atoms with E-state index < -0.39 is 6.04 Å². The highest BCUT2D eigenvalue weighted by Crippen LogP contribution is 2.21. The lowest BCUT2D eigenvalue weighted by Crippen LogP contribution is -2.42. The van der Waals surface area contributed by atoms with Crippen LogP contribution in [0.2, 0.25) is 0 Å². The fourth-order valence-corrected chi connectivity index (χ4v) is 2.81. The van der Waals surface area contributed by atoms with Gasteiger partial charge >= 0.3 is 6.03 Å². The van der Waals surface area contributed by atoms with Gasteiger partial charge in [-0.2, -0.15) is 5.10 Å². The Morgan fingerprint density at radius 1 is 1.39 bits per heavy atom. The van der Waals surface area contributed by atoms with Gasteiger partial charge in [-0.25, -0.2) is 4.79 Å². The van der Waals surface area contributed by atoms with E-state index in [0.29, 0.717) is 18.7 Å². The molecule has 122 valence electrons. The number of rotatable bonds is 3. The minimum absolute atomic E-state index is 0.0477. The number of nitrogens with one attached hydrogen (secondary N) is 2. The summed E-state index contributed by atoms with van der Waals surface area (Å²) in [7, 11) is 1.74. The molecule has 0 unspecified atom stereocenters. The van der Waals surface area contributed by atoms with E-state index in [1.54, 1.807) is 11.9 Å². The highest BCUT2D eigenvalue weighted by molar-refractivity contribution is 5.96. The van der Waals surface area contributed by atoms with Gasteiger partial charge in [0.05, 0.1) is 11.7 Å². The summed E-state index contributed by atoms with van der Waals surface area (Å²) in [5.74, 6) is -0.0477. The Morgan fingerprint density at radius 3 is 2.83 bits per heavy atom. The normalized spacial score (nSPS) is 18.0. The SMILES string of the molecule is CC(C)n1ncc2ccc(NC(=O)N[C@H]3CCN(C)C3=O)cc21. The van der Waals surface area contributed by atoms with Gasteiger partial charge < -0.3 is 15.5 Å². The number of fused-ring (bicyclic) bond motifs is 1. The Labute approximate surface area is 134 Å². The Hall–Kier alpha value is -2.57. The molecular formula is C16H21N5O2. The average molecular weight is 315 g/mol. The highest BCUT2D eigenvalue weighted by atomic mass is 16.2. The predicted molar refractivity (Wildman–Crippen MR) is 88.3 cm³/mol. The zero-order valence-corrected chi connectivity index (χ0v) is 13.5. The molecular weight excluding hydrogens is 294 g/mol. The third kappa shape index (κ3) is 2.99. The molecule has 0 saturated carbocycles. The molecule has 1 fully saturated rings. The molecule has 1 aromatic carbocycles. The summed E-state index contributed by atoms with van der Waals surface area (Å²) < 4.78 is 1.91. The number of nitrogens with zero attached hydrogens (tertiary/aromatic N) is 3. The lowest BCUT2D eigenvalue weighted by Gasteiger charge is -2.13. The second kappa shape index (κ2) is 5.91. The van der Waals surface area contributed by atoms with Crippen molar-refractivity contribution in [2.75, 3.05) is 18.9 Å². The summed E-state index contributed by atoms with van der Waals surface area (Å²) in [6.07, 6.45) is 2.45. The fraction of sp³-hybridized carbons (Fsp3) is 0.438. The van der Waals surface area contributed by atoms with Crippen LogP contribution in [-0.4, -0.2) is 46.3 Å². The third-order valence-corrected chi connectivity index (χ3v) is 4.08.